The molecule has 0 spiro atoms. The molecule has 3 nitrogen and oxygen atoms in total. The van der Waals surface area contributed by atoms with Gasteiger partial charge in [0.2, 0.25) is 0 Å². The van der Waals surface area contributed by atoms with E-state index in [0.717, 1.165) is 0 Å². The standard InChI is InChI=1S/C2H3F.FHO3S/c1-2-3;1-5(2,3)4/h2H,1H2;(H,2,3,4). The molecule has 0 amide bonds. The third kappa shape index (κ3) is 467. The maximum absolute atomic E-state index is 10.2. The van der Waals surface area contributed by atoms with E-state index in [4.69, 9.17) is 13.0 Å². The Kier molecular flexibility index (Phi) is 6.11. The minimum Gasteiger partial charge on any atom is -0.260 e. The van der Waals surface area contributed by atoms with E-state index in [9.17, 15) is 8.28 Å². The Hall–Kier alpha value is -0.490. The van der Waals surface area contributed by atoms with E-state index in [-0.39, 0.29) is 6.33 Å². The van der Waals surface area contributed by atoms with Gasteiger partial charge in [-0.2, -0.15) is 8.42 Å². The molecule has 0 aromatic carbocycles. The molecule has 0 bridgehead atoms. The molecule has 0 fully saturated rings. The summed E-state index contributed by atoms with van der Waals surface area (Å²) in [5.41, 5.74) is 0. The predicted octanol–water partition coefficient (Wildman–Crippen LogP) is 0.858. The molecule has 0 aromatic heterocycles. The summed E-state index contributed by atoms with van der Waals surface area (Å²) in [7, 11) is -5.17. The summed E-state index contributed by atoms with van der Waals surface area (Å²) < 4.78 is 44.1. The average molecular weight is 146 g/mol. The van der Waals surface area contributed by atoms with Gasteiger partial charge in [-0.05, 0) is 0 Å². The monoisotopic (exact) mass is 146 g/mol. The molecule has 1 N–H and O–H groups in total. The van der Waals surface area contributed by atoms with Gasteiger partial charge in [0.1, 0.15) is 0 Å². The van der Waals surface area contributed by atoms with Gasteiger partial charge in [0, 0.05) is 0 Å². The van der Waals surface area contributed by atoms with Crippen molar-refractivity contribution in [3.05, 3.63) is 12.9 Å². The summed E-state index contributed by atoms with van der Waals surface area (Å²) in [6, 6.07) is 0. The van der Waals surface area contributed by atoms with Crippen molar-refractivity contribution in [3.63, 3.8) is 0 Å². The molecule has 50 valence electrons. The molecule has 0 aromatic rings. The highest BCUT2D eigenvalue weighted by Gasteiger charge is 1.89. The van der Waals surface area contributed by atoms with Crippen molar-refractivity contribution in [2.24, 2.45) is 0 Å². The van der Waals surface area contributed by atoms with Crippen molar-refractivity contribution in [2.45, 2.75) is 0 Å². The van der Waals surface area contributed by atoms with E-state index in [0.29, 0.717) is 0 Å². The predicted molar refractivity (Wildman–Crippen MR) is 24.0 cm³/mol. The Labute approximate surface area is 45.7 Å². The highest BCUT2D eigenvalue weighted by Crippen LogP contribution is 1.74. The van der Waals surface area contributed by atoms with Gasteiger partial charge in [-0.1, -0.05) is 10.5 Å². The minimum atomic E-state index is -5.17. The summed E-state index contributed by atoms with van der Waals surface area (Å²) in [5.74, 6) is 0. The molecule has 0 atom stereocenters. The fourth-order valence-electron chi connectivity index (χ4n) is 0. The van der Waals surface area contributed by atoms with E-state index < -0.39 is 10.5 Å². The van der Waals surface area contributed by atoms with E-state index in [1.807, 2.05) is 0 Å². The van der Waals surface area contributed by atoms with Crippen LogP contribution in [-0.4, -0.2) is 13.0 Å². The molecular formula is C2H4F2O3S. The Balaban J connectivity index is 0. The van der Waals surface area contributed by atoms with E-state index in [2.05, 4.69) is 6.58 Å². The maximum atomic E-state index is 10.2. The van der Waals surface area contributed by atoms with E-state index in [1.165, 1.54) is 0 Å². The Morgan fingerprint density at radius 1 is 1.62 bits per heavy atom. The van der Waals surface area contributed by atoms with Gasteiger partial charge < -0.3 is 0 Å². The second-order valence-corrected chi connectivity index (χ2v) is 1.39. The normalized spacial score (nSPS) is 8.88. The SMILES string of the molecule is C=CF.O=S(=O)(O)F. The van der Waals surface area contributed by atoms with Gasteiger partial charge in [0.25, 0.3) is 0 Å². The molecule has 0 radical (unpaired) electrons. The first-order valence-electron chi connectivity index (χ1n) is 1.30. The quantitative estimate of drug-likeness (QED) is 0.407. The van der Waals surface area contributed by atoms with Crippen molar-refractivity contribution in [2.75, 3.05) is 0 Å². The van der Waals surface area contributed by atoms with E-state index in [1.54, 1.807) is 0 Å². The second kappa shape index (κ2) is 4.66. The first-order valence-corrected chi connectivity index (χ1v) is 2.64. The van der Waals surface area contributed by atoms with Crippen molar-refractivity contribution in [1.29, 1.82) is 0 Å². The first-order chi connectivity index (χ1) is 3.41. The maximum Gasteiger partial charge on any atom is 0.435 e. The van der Waals surface area contributed by atoms with Crippen LogP contribution in [0.4, 0.5) is 8.28 Å². The lowest BCUT2D eigenvalue weighted by Gasteiger charge is -1.63. The third-order valence-electron chi connectivity index (χ3n) is 0. The van der Waals surface area contributed by atoms with Crippen molar-refractivity contribution < 1.29 is 21.2 Å². The molecule has 0 heterocycles. The van der Waals surface area contributed by atoms with Gasteiger partial charge in [0.05, 0.1) is 6.33 Å². The summed E-state index contributed by atoms with van der Waals surface area (Å²) in [4.78, 5) is 0. The zero-order valence-electron chi connectivity index (χ0n) is 3.71. The third-order valence-corrected chi connectivity index (χ3v) is 0. The summed E-state index contributed by atoms with van der Waals surface area (Å²) >= 11 is 0. The van der Waals surface area contributed by atoms with Gasteiger partial charge in [-0.15, -0.1) is 0 Å². The minimum absolute atomic E-state index is 0.250. The van der Waals surface area contributed by atoms with Crippen molar-refractivity contribution >= 4 is 10.5 Å². The molecule has 6 heteroatoms. The molecular weight excluding hydrogens is 142 g/mol. The van der Waals surface area contributed by atoms with Crippen LogP contribution in [0.3, 0.4) is 0 Å². The van der Waals surface area contributed by atoms with Crippen LogP contribution in [-0.2, 0) is 10.5 Å². The molecule has 0 unspecified atom stereocenters. The molecule has 0 aliphatic heterocycles. The van der Waals surface area contributed by atoms with Crippen molar-refractivity contribution in [3.8, 4) is 0 Å². The topological polar surface area (TPSA) is 54.4 Å². The lowest BCUT2D eigenvalue weighted by Crippen LogP contribution is -1.80. The van der Waals surface area contributed by atoms with Gasteiger partial charge in [-0.3, -0.25) is 4.55 Å². The number of hydrogen-bond acceptors (Lipinski definition) is 2. The number of hydrogen-bond donors (Lipinski definition) is 1. The van der Waals surface area contributed by atoms with Crippen LogP contribution in [0.1, 0.15) is 0 Å². The van der Waals surface area contributed by atoms with Gasteiger partial charge >= 0.3 is 10.5 Å². The molecule has 0 aliphatic carbocycles. The summed E-state index contributed by atoms with van der Waals surface area (Å²) in [6.07, 6.45) is 0.250. The van der Waals surface area contributed by atoms with Gasteiger partial charge in [-0.25, -0.2) is 4.39 Å². The number of rotatable bonds is 0. The molecule has 0 saturated carbocycles. The Morgan fingerprint density at radius 3 is 1.62 bits per heavy atom. The fraction of sp³-hybridized carbons (Fsp3) is 0. The lowest BCUT2D eigenvalue weighted by molar-refractivity contribution is 0.435. The molecule has 0 rings (SSSR count). The summed E-state index contributed by atoms with van der Waals surface area (Å²) in [5, 5.41) is 0. The van der Waals surface area contributed by atoms with Crippen molar-refractivity contribution in [1.82, 2.24) is 0 Å². The highest BCUT2D eigenvalue weighted by molar-refractivity contribution is 7.80. The Bertz CT molecular complexity index is 129. The highest BCUT2D eigenvalue weighted by atomic mass is 32.3. The van der Waals surface area contributed by atoms with Crippen LogP contribution < -0.4 is 0 Å². The fourth-order valence-corrected chi connectivity index (χ4v) is 0. The smallest absolute Gasteiger partial charge is 0.260 e. The van der Waals surface area contributed by atoms with Crippen LogP contribution in [0, 0.1) is 0 Å². The van der Waals surface area contributed by atoms with Crippen LogP contribution in [0.5, 0.6) is 0 Å². The van der Waals surface area contributed by atoms with Crippen LogP contribution in [0.15, 0.2) is 12.9 Å². The largest absolute Gasteiger partial charge is 0.435 e. The lowest BCUT2D eigenvalue weighted by atomic mass is 11.2. The second-order valence-electron chi connectivity index (χ2n) is 0.566. The zero-order chi connectivity index (χ0) is 7.21. The molecule has 0 aliphatic rings. The summed E-state index contributed by atoms with van der Waals surface area (Å²) in [6.45, 7) is 2.69. The van der Waals surface area contributed by atoms with Crippen LogP contribution >= 0.6 is 0 Å². The molecule has 8 heavy (non-hydrogen) atoms. The zero-order valence-corrected chi connectivity index (χ0v) is 4.53. The first kappa shape index (κ1) is 10.5. The van der Waals surface area contributed by atoms with Crippen LogP contribution in [0.25, 0.3) is 0 Å². The van der Waals surface area contributed by atoms with E-state index >= 15 is 0 Å². The Morgan fingerprint density at radius 2 is 1.62 bits per heavy atom. The van der Waals surface area contributed by atoms with Crippen LogP contribution in [0.2, 0.25) is 0 Å². The molecule has 0 saturated heterocycles. The number of halogens is 2. The average Bonchev–Trinajstić information content (AvgIpc) is 1.27. The van der Waals surface area contributed by atoms with Gasteiger partial charge in [0.15, 0.2) is 0 Å².